The molecule has 5 aliphatic rings. The molecule has 1 spiro atoms. The number of esters is 2. The Labute approximate surface area is 184 Å². The second-order valence-electron chi connectivity index (χ2n) is 11.5. The molecule has 6 nitrogen and oxygen atoms in total. The summed E-state index contributed by atoms with van der Waals surface area (Å²) in [7, 11) is 0. The summed E-state index contributed by atoms with van der Waals surface area (Å²) in [6, 6.07) is 0. The summed E-state index contributed by atoms with van der Waals surface area (Å²) < 4.78 is 18.1. The molecule has 0 radical (unpaired) electrons. The fraction of sp³-hybridized carbons (Fsp3) is 0.880. The molecule has 0 aromatic carbocycles. The molecule has 0 amide bonds. The Morgan fingerprint density at radius 1 is 0.935 bits per heavy atom. The summed E-state index contributed by atoms with van der Waals surface area (Å²) in [5.74, 6) is 0.919. The average molecular weight is 433 g/mol. The van der Waals surface area contributed by atoms with Crippen LogP contribution in [0.5, 0.6) is 0 Å². The number of epoxide rings is 1. The minimum absolute atomic E-state index is 0.0517. The molecular weight excluding hydrogens is 396 g/mol. The third kappa shape index (κ3) is 2.89. The summed E-state index contributed by atoms with van der Waals surface area (Å²) in [6.07, 6.45) is 6.07. The van der Waals surface area contributed by atoms with E-state index in [0.717, 1.165) is 44.9 Å². The molecule has 10 atom stereocenters. The Bertz CT molecular complexity index is 823. The lowest BCUT2D eigenvalue weighted by Crippen LogP contribution is -2.63. The Morgan fingerprint density at radius 2 is 1.65 bits per heavy atom. The van der Waals surface area contributed by atoms with Gasteiger partial charge in [-0.15, -0.1) is 0 Å². The number of rotatable bonds is 3. The van der Waals surface area contributed by atoms with Gasteiger partial charge in [-0.3, -0.25) is 14.4 Å². The molecule has 1 heterocycles. The average Bonchev–Trinajstić information content (AvgIpc) is 3.22. The molecule has 172 valence electrons. The van der Waals surface area contributed by atoms with Gasteiger partial charge in [-0.05, 0) is 62.7 Å². The van der Waals surface area contributed by atoms with Crippen LogP contribution in [0.25, 0.3) is 0 Å². The van der Waals surface area contributed by atoms with Gasteiger partial charge in [0.1, 0.15) is 23.6 Å². The first kappa shape index (κ1) is 21.4. The number of carbonyl (C=O) groups excluding carboxylic acids is 3. The van der Waals surface area contributed by atoms with Gasteiger partial charge < -0.3 is 14.2 Å². The van der Waals surface area contributed by atoms with Gasteiger partial charge in [0.15, 0.2) is 0 Å². The van der Waals surface area contributed by atoms with Crippen molar-refractivity contribution in [3.8, 4) is 0 Å². The molecule has 0 aromatic rings. The standard InChI is InChI=1S/C25H36O6/c1-13(26)18-6-7-19-17-10-21-25(31-21)11-16(29-14(2)27)8-9-24(25,5)22(17)20(30-15(3)28)12-23(18,19)4/h16-22H,6-12H2,1-5H3/t16-,17-,18+,19-,20+,21-,22+,23+,24+,25+/m0/s1. The lowest BCUT2D eigenvalue weighted by atomic mass is 9.43. The van der Waals surface area contributed by atoms with Crippen molar-refractivity contribution in [2.24, 2.45) is 34.5 Å². The first-order chi connectivity index (χ1) is 14.5. The largest absolute Gasteiger partial charge is 0.462 e. The maximum atomic E-state index is 12.5. The van der Waals surface area contributed by atoms with E-state index in [0.29, 0.717) is 11.8 Å². The normalized spacial score (nSPS) is 52.1. The van der Waals surface area contributed by atoms with Crippen LogP contribution in [0.15, 0.2) is 0 Å². The van der Waals surface area contributed by atoms with Crippen molar-refractivity contribution in [3.05, 3.63) is 0 Å². The SMILES string of the molecule is CC(=O)O[C@H]1CC[C@]2(C)[C@@H]3[C@@H](C[C@@H]4O[C@]42C1)[C@@H]1CC[C@H](C(C)=O)[C@@]1(C)C[C@H]3OC(C)=O. The molecule has 1 aliphatic heterocycles. The molecule has 6 heteroatoms. The highest BCUT2D eigenvalue weighted by molar-refractivity contribution is 5.79. The smallest absolute Gasteiger partial charge is 0.302 e. The van der Waals surface area contributed by atoms with Gasteiger partial charge in [-0.25, -0.2) is 0 Å². The van der Waals surface area contributed by atoms with Crippen molar-refractivity contribution < 1.29 is 28.6 Å². The van der Waals surface area contributed by atoms with Crippen LogP contribution in [0.1, 0.15) is 79.6 Å². The van der Waals surface area contributed by atoms with Gasteiger partial charge in [-0.1, -0.05) is 13.8 Å². The lowest BCUT2D eigenvalue weighted by molar-refractivity contribution is -0.194. The Morgan fingerprint density at radius 3 is 2.29 bits per heavy atom. The zero-order chi connectivity index (χ0) is 22.3. The molecule has 4 aliphatic carbocycles. The fourth-order valence-electron chi connectivity index (χ4n) is 9.05. The van der Waals surface area contributed by atoms with Crippen molar-refractivity contribution in [3.63, 3.8) is 0 Å². The van der Waals surface area contributed by atoms with Crippen molar-refractivity contribution >= 4 is 17.7 Å². The summed E-state index contributed by atoms with van der Waals surface area (Å²) >= 11 is 0. The van der Waals surface area contributed by atoms with E-state index >= 15 is 0 Å². The lowest BCUT2D eigenvalue weighted by Gasteiger charge is -2.61. The Kier molecular flexibility index (Phi) is 4.69. The zero-order valence-corrected chi connectivity index (χ0v) is 19.4. The number of carbonyl (C=O) groups is 3. The molecule has 0 bridgehead atoms. The second-order valence-corrected chi connectivity index (χ2v) is 11.5. The number of Topliss-reactive ketones (excluding diaryl/α,β-unsaturated/α-hetero) is 1. The van der Waals surface area contributed by atoms with Crippen LogP contribution in [-0.2, 0) is 28.6 Å². The van der Waals surface area contributed by atoms with Gasteiger partial charge in [-0.2, -0.15) is 0 Å². The number of hydrogen-bond acceptors (Lipinski definition) is 6. The quantitative estimate of drug-likeness (QED) is 0.498. The molecular formula is C25H36O6. The molecule has 4 saturated carbocycles. The van der Waals surface area contributed by atoms with Gasteiger partial charge >= 0.3 is 11.9 Å². The third-order valence-electron chi connectivity index (χ3n) is 10.1. The van der Waals surface area contributed by atoms with Crippen LogP contribution in [0.2, 0.25) is 0 Å². The van der Waals surface area contributed by atoms with Crippen LogP contribution >= 0.6 is 0 Å². The zero-order valence-electron chi connectivity index (χ0n) is 19.4. The topological polar surface area (TPSA) is 82.2 Å². The molecule has 31 heavy (non-hydrogen) atoms. The Balaban J connectivity index is 1.51. The van der Waals surface area contributed by atoms with E-state index in [4.69, 9.17) is 14.2 Å². The van der Waals surface area contributed by atoms with E-state index < -0.39 is 0 Å². The monoisotopic (exact) mass is 432 g/mol. The summed E-state index contributed by atoms with van der Waals surface area (Å²) in [4.78, 5) is 36.2. The number of fused-ring (bicyclic) bond motifs is 4. The molecule has 0 unspecified atom stereocenters. The molecule has 0 aromatic heterocycles. The van der Waals surface area contributed by atoms with Crippen molar-refractivity contribution in [2.75, 3.05) is 0 Å². The highest BCUT2D eigenvalue weighted by Crippen LogP contribution is 2.74. The summed E-state index contributed by atoms with van der Waals surface area (Å²) in [5, 5.41) is 0. The molecule has 1 saturated heterocycles. The highest BCUT2D eigenvalue weighted by atomic mass is 16.6. The predicted molar refractivity (Wildman–Crippen MR) is 112 cm³/mol. The van der Waals surface area contributed by atoms with Gasteiger partial charge in [0.2, 0.25) is 0 Å². The van der Waals surface area contributed by atoms with E-state index in [1.54, 1.807) is 6.92 Å². The highest BCUT2D eigenvalue weighted by Gasteiger charge is 2.78. The number of ether oxygens (including phenoxy) is 3. The van der Waals surface area contributed by atoms with Crippen molar-refractivity contribution in [2.45, 2.75) is 103 Å². The first-order valence-electron chi connectivity index (χ1n) is 12.0. The van der Waals surface area contributed by atoms with Gasteiger partial charge in [0, 0.05) is 37.5 Å². The maximum Gasteiger partial charge on any atom is 0.302 e. The minimum atomic E-state index is -0.281. The second kappa shape index (κ2) is 6.79. The van der Waals surface area contributed by atoms with E-state index in [1.807, 2.05) is 0 Å². The maximum absolute atomic E-state index is 12.5. The summed E-state index contributed by atoms with van der Waals surface area (Å²) in [5.41, 5.74) is -0.516. The van der Waals surface area contributed by atoms with E-state index in [9.17, 15) is 14.4 Å². The van der Waals surface area contributed by atoms with Crippen LogP contribution in [-0.4, -0.2) is 41.6 Å². The molecule has 0 N–H and O–H groups in total. The number of hydrogen-bond donors (Lipinski definition) is 0. The van der Waals surface area contributed by atoms with Gasteiger partial charge in [0.25, 0.3) is 0 Å². The van der Waals surface area contributed by atoms with Crippen LogP contribution in [0.4, 0.5) is 0 Å². The first-order valence-corrected chi connectivity index (χ1v) is 12.0. The van der Waals surface area contributed by atoms with Crippen LogP contribution < -0.4 is 0 Å². The molecule has 5 rings (SSSR count). The van der Waals surface area contributed by atoms with Crippen molar-refractivity contribution in [1.82, 2.24) is 0 Å². The fourth-order valence-corrected chi connectivity index (χ4v) is 9.05. The van der Waals surface area contributed by atoms with E-state index in [2.05, 4.69) is 13.8 Å². The Hall–Kier alpha value is -1.43. The third-order valence-corrected chi connectivity index (χ3v) is 10.1. The summed E-state index contributed by atoms with van der Waals surface area (Å²) in [6.45, 7) is 9.27. The van der Waals surface area contributed by atoms with E-state index in [1.165, 1.54) is 13.8 Å². The van der Waals surface area contributed by atoms with E-state index in [-0.39, 0.29) is 64.3 Å². The minimum Gasteiger partial charge on any atom is -0.462 e. The van der Waals surface area contributed by atoms with Crippen LogP contribution in [0.3, 0.4) is 0 Å². The van der Waals surface area contributed by atoms with Crippen molar-refractivity contribution in [1.29, 1.82) is 0 Å². The van der Waals surface area contributed by atoms with Crippen LogP contribution in [0, 0.1) is 34.5 Å². The molecule has 5 fully saturated rings. The van der Waals surface area contributed by atoms with Gasteiger partial charge in [0.05, 0.1) is 6.10 Å². The predicted octanol–water partition coefficient (Wildman–Crippen LogP) is 3.84. The number of ketones is 1.